The molecule has 1 aliphatic rings. The van der Waals surface area contributed by atoms with Crippen molar-refractivity contribution in [1.29, 1.82) is 0 Å². The molecule has 0 saturated heterocycles. The molecule has 4 rings (SSSR count). The fourth-order valence-corrected chi connectivity index (χ4v) is 5.86. The second kappa shape index (κ2) is 11.2. The number of halogens is 1. The number of anilines is 1. The van der Waals surface area contributed by atoms with E-state index in [0.29, 0.717) is 5.56 Å². The van der Waals surface area contributed by atoms with Crippen molar-refractivity contribution < 1.29 is 14.0 Å². The highest BCUT2D eigenvalue weighted by Crippen LogP contribution is 2.35. The zero-order valence-electron chi connectivity index (χ0n) is 20.6. The van der Waals surface area contributed by atoms with E-state index in [0.717, 1.165) is 53.6 Å². The zero-order chi connectivity index (χ0) is 24.9. The number of nitrogens with one attached hydrogen (secondary N) is 1. The van der Waals surface area contributed by atoms with Crippen LogP contribution in [0.15, 0.2) is 53.2 Å². The van der Waals surface area contributed by atoms with Crippen molar-refractivity contribution in [3.8, 4) is 0 Å². The van der Waals surface area contributed by atoms with Gasteiger partial charge in [0, 0.05) is 6.04 Å². The van der Waals surface area contributed by atoms with E-state index >= 15 is 0 Å². The molecule has 35 heavy (non-hydrogen) atoms. The first-order valence-corrected chi connectivity index (χ1v) is 13.2. The van der Waals surface area contributed by atoms with E-state index in [4.69, 9.17) is 0 Å². The van der Waals surface area contributed by atoms with Crippen molar-refractivity contribution in [2.75, 3.05) is 4.90 Å². The molecule has 2 aromatic carbocycles. The van der Waals surface area contributed by atoms with Crippen LogP contribution in [0.1, 0.15) is 66.0 Å². The van der Waals surface area contributed by atoms with Crippen molar-refractivity contribution in [1.82, 2.24) is 5.32 Å². The van der Waals surface area contributed by atoms with E-state index < -0.39 is 6.04 Å². The minimum absolute atomic E-state index is 0.0910. The molecule has 2 amide bonds. The summed E-state index contributed by atoms with van der Waals surface area (Å²) < 4.78 is 13.9. The topological polar surface area (TPSA) is 49.4 Å². The molecule has 6 heteroatoms. The summed E-state index contributed by atoms with van der Waals surface area (Å²) in [6.45, 7) is 5.97. The van der Waals surface area contributed by atoms with Crippen LogP contribution < -0.4 is 10.2 Å². The second-order valence-electron chi connectivity index (χ2n) is 9.62. The standard InChI is InChI=1S/C29H33FN2O2S/c1-19-15-20(2)27(21(3)16-19)32(26(33)17-22-13-14-35-18-22)28(23-9-11-24(30)12-10-23)29(34)31-25-7-5-4-6-8-25/h9-16,18,25,28H,4-8,17H2,1-3H3,(H,31,34)/t28-/m0/s1. The van der Waals surface area contributed by atoms with Gasteiger partial charge in [-0.3, -0.25) is 14.5 Å². The Labute approximate surface area is 211 Å². The normalized spacial score (nSPS) is 15.0. The van der Waals surface area contributed by atoms with Crippen LogP contribution >= 0.6 is 11.3 Å². The molecule has 1 heterocycles. The zero-order valence-corrected chi connectivity index (χ0v) is 21.5. The van der Waals surface area contributed by atoms with Gasteiger partial charge in [-0.2, -0.15) is 11.3 Å². The Morgan fingerprint density at radius 3 is 2.29 bits per heavy atom. The summed E-state index contributed by atoms with van der Waals surface area (Å²) >= 11 is 1.54. The van der Waals surface area contributed by atoms with Crippen LogP contribution in [-0.4, -0.2) is 17.9 Å². The predicted molar refractivity (Wildman–Crippen MR) is 140 cm³/mol. The SMILES string of the molecule is Cc1cc(C)c(N(C(=O)Cc2ccsc2)[C@H](C(=O)NC2CCCCC2)c2ccc(F)cc2)c(C)c1. The number of hydrogen-bond acceptors (Lipinski definition) is 3. The summed E-state index contributed by atoms with van der Waals surface area (Å²) in [5, 5.41) is 7.13. The molecule has 1 atom stereocenters. The number of thiophene rings is 1. The minimum atomic E-state index is -0.899. The maximum Gasteiger partial charge on any atom is 0.248 e. The molecular weight excluding hydrogens is 459 g/mol. The Balaban J connectivity index is 1.81. The van der Waals surface area contributed by atoms with Gasteiger partial charge in [0.2, 0.25) is 11.8 Å². The Hall–Kier alpha value is -2.99. The largest absolute Gasteiger partial charge is 0.351 e. The fourth-order valence-electron chi connectivity index (χ4n) is 5.19. The quantitative estimate of drug-likeness (QED) is 0.405. The predicted octanol–water partition coefficient (Wildman–Crippen LogP) is 6.58. The van der Waals surface area contributed by atoms with Gasteiger partial charge < -0.3 is 5.32 Å². The van der Waals surface area contributed by atoms with Gasteiger partial charge in [0.1, 0.15) is 11.9 Å². The molecule has 3 aromatic rings. The average Bonchev–Trinajstić information content (AvgIpc) is 3.32. The van der Waals surface area contributed by atoms with E-state index in [1.807, 2.05) is 49.7 Å². The van der Waals surface area contributed by atoms with Crippen molar-refractivity contribution >= 4 is 28.8 Å². The molecule has 1 aliphatic carbocycles. The molecule has 4 nitrogen and oxygen atoms in total. The molecule has 1 saturated carbocycles. The average molecular weight is 493 g/mol. The number of rotatable bonds is 7. The highest BCUT2D eigenvalue weighted by atomic mass is 32.1. The van der Waals surface area contributed by atoms with Gasteiger partial charge in [-0.1, -0.05) is 49.1 Å². The first-order chi connectivity index (χ1) is 16.8. The first-order valence-electron chi connectivity index (χ1n) is 12.3. The van der Waals surface area contributed by atoms with Crippen LogP contribution in [0.4, 0.5) is 10.1 Å². The number of hydrogen-bond donors (Lipinski definition) is 1. The molecule has 1 aromatic heterocycles. The minimum Gasteiger partial charge on any atom is -0.351 e. The molecule has 184 valence electrons. The van der Waals surface area contributed by atoms with Crippen LogP contribution in [0, 0.1) is 26.6 Å². The Kier molecular flexibility index (Phi) is 8.01. The lowest BCUT2D eigenvalue weighted by Crippen LogP contribution is -2.48. The summed E-state index contributed by atoms with van der Waals surface area (Å²) in [5.74, 6) is -0.757. The van der Waals surface area contributed by atoms with Crippen LogP contribution in [0.2, 0.25) is 0 Å². The number of carbonyl (C=O) groups excluding carboxylic acids is 2. The van der Waals surface area contributed by atoms with E-state index in [-0.39, 0.29) is 30.1 Å². The molecule has 1 N–H and O–H groups in total. The van der Waals surface area contributed by atoms with E-state index in [2.05, 4.69) is 5.32 Å². The van der Waals surface area contributed by atoms with Crippen molar-refractivity contribution in [2.45, 2.75) is 71.4 Å². The van der Waals surface area contributed by atoms with Crippen molar-refractivity contribution in [3.63, 3.8) is 0 Å². The molecule has 0 radical (unpaired) electrons. The Morgan fingerprint density at radius 2 is 1.69 bits per heavy atom. The third kappa shape index (κ3) is 5.99. The lowest BCUT2D eigenvalue weighted by Gasteiger charge is -2.35. The number of amides is 2. The van der Waals surface area contributed by atoms with Crippen molar-refractivity contribution in [2.24, 2.45) is 0 Å². The van der Waals surface area contributed by atoms with Gasteiger partial charge in [0.05, 0.1) is 12.1 Å². The summed E-state index contributed by atoms with van der Waals surface area (Å²) in [4.78, 5) is 29.5. The molecule has 0 bridgehead atoms. The lowest BCUT2D eigenvalue weighted by atomic mass is 9.94. The Morgan fingerprint density at radius 1 is 1.03 bits per heavy atom. The summed E-state index contributed by atoms with van der Waals surface area (Å²) in [7, 11) is 0. The summed E-state index contributed by atoms with van der Waals surface area (Å²) in [5.41, 5.74) is 5.20. The Bertz CT molecular complexity index is 1140. The maximum atomic E-state index is 14.0. The number of carbonyl (C=O) groups is 2. The third-order valence-corrected chi connectivity index (χ3v) is 7.46. The van der Waals surface area contributed by atoms with Crippen LogP contribution in [0.25, 0.3) is 0 Å². The van der Waals surface area contributed by atoms with Gasteiger partial charge in [-0.05, 0) is 84.8 Å². The first kappa shape index (κ1) is 25.1. The van der Waals surface area contributed by atoms with Gasteiger partial charge in [0.25, 0.3) is 0 Å². The van der Waals surface area contributed by atoms with Gasteiger partial charge in [-0.25, -0.2) is 4.39 Å². The molecule has 0 unspecified atom stereocenters. The highest BCUT2D eigenvalue weighted by molar-refractivity contribution is 7.08. The molecular formula is C29H33FN2O2S. The second-order valence-corrected chi connectivity index (χ2v) is 10.4. The van der Waals surface area contributed by atoms with Gasteiger partial charge in [0.15, 0.2) is 0 Å². The van der Waals surface area contributed by atoms with Gasteiger partial charge >= 0.3 is 0 Å². The molecule has 0 aliphatic heterocycles. The van der Waals surface area contributed by atoms with Crippen LogP contribution in [0.5, 0.6) is 0 Å². The molecule has 1 fully saturated rings. The maximum absolute atomic E-state index is 14.0. The van der Waals surface area contributed by atoms with E-state index in [9.17, 15) is 14.0 Å². The smallest absolute Gasteiger partial charge is 0.248 e. The number of nitrogens with zero attached hydrogens (tertiary/aromatic N) is 1. The molecule has 0 spiro atoms. The van der Waals surface area contributed by atoms with Crippen LogP contribution in [0.3, 0.4) is 0 Å². The van der Waals surface area contributed by atoms with Crippen molar-refractivity contribution in [3.05, 3.63) is 86.9 Å². The van der Waals surface area contributed by atoms with Gasteiger partial charge in [-0.15, -0.1) is 0 Å². The lowest BCUT2D eigenvalue weighted by molar-refractivity contribution is -0.127. The number of aryl methyl sites for hydroxylation is 3. The highest BCUT2D eigenvalue weighted by Gasteiger charge is 2.35. The van der Waals surface area contributed by atoms with E-state index in [1.165, 1.54) is 18.6 Å². The third-order valence-electron chi connectivity index (χ3n) is 6.72. The number of benzene rings is 2. The summed E-state index contributed by atoms with van der Waals surface area (Å²) in [6, 6.07) is 11.1. The fraction of sp³-hybridized carbons (Fsp3) is 0.379. The van der Waals surface area contributed by atoms with Crippen LogP contribution in [-0.2, 0) is 16.0 Å². The van der Waals surface area contributed by atoms with E-state index in [1.54, 1.807) is 28.4 Å². The monoisotopic (exact) mass is 492 g/mol. The summed E-state index contributed by atoms with van der Waals surface area (Å²) in [6.07, 6.45) is 5.42.